The Bertz CT molecular complexity index is 596. The zero-order valence-electron chi connectivity index (χ0n) is 13.6. The van der Waals surface area contributed by atoms with E-state index in [1.165, 1.54) is 0 Å². The van der Waals surface area contributed by atoms with Crippen LogP contribution in [-0.4, -0.2) is 43.5 Å². The number of carbonyl (C=O) groups is 2. The normalized spacial score (nSPS) is 17.1. The maximum atomic E-state index is 12.6. The number of hydrogen-bond donors (Lipinski definition) is 1. The van der Waals surface area contributed by atoms with Crippen LogP contribution in [0, 0.1) is 12.3 Å². The smallest absolute Gasteiger partial charge is 0.253 e. The highest BCUT2D eigenvalue weighted by Crippen LogP contribution is 2.35. The number of methoxy groups -OCH3 is 1. The lowest BCUT2D eigenvalue weighted by atomic mass is 9.75. The van der Waals surface area contributed by atoms with E-state index in [2.05, 4.69) is 15.9 Å². The molecule has 5 nitrogen and oxygen atoms in total. The van der Waals surface area contributed by atoms with Crippen LogP contribution in [0.1, 0.15) is 35.2 Å². The molecule has 0 bridgehead atoms. The van der Waals surface area contributed by atoms with Crippen LogP contribution in [-0.2, 0) is 9.53 Å². The first-order valence-corrected chi connectivity index (χ1v) is 8.53. The van der Waals surface area contributed by atoms with Crippen LogP contribution in [0.15, 0.2) is 22.7 Å². The summed E-state index contributed by atoms with van der Waals surface area (Å²) in [6.07, 6.45) is 1.79. The molecule has 0 radical (unpaired) electrons. The molecule has 1 aliphatic heterocycles. The van der Waals surface area contributed by atoms with E-state index in [1.807, 2.05) is 25.1 Å². The highest BCUT2D eigenvalue weighted by Gasteiger charge is 2.40. The van der Waals surface area contributed by atoms with Gasteiger partial charge in [0, 0.05) is 36.8 Å². The Labute approximate surface area is 145 Å². The molecule has 1 aromatic carbocycles. The highest BCUT2D eigenvalue weighted by molar-refractivity contribution is 9.10. The summed E-state index contributed by atoms with van der Waals surface area (Å²) in [6.45, 7) is 3.55. The van der Waals surface area contributed by atoms with Crippen molar-refractivity contribution in [3.8, 4) is 0 Å². The molecule has 2 amide bonds. The molecule has 0 saturated carbocycles. The molecule has 0 aliphatic carbocycles. The van der Waals surface area contributed by atoms with Crippen molar-refractivity contribution in [2.24, 2.45) is 11.1 Å². The van der Waals surface area contributed by atoms with Crippen molar-refractivity contribution < 1.29 is 14.3 Å². The second-order valence-electron chi connectivity index (χ2n) is 6.14. The third-order valence-electron chi connectivity index (χ3n) is 4.72. The molecule has 1 fully saturated rings. The van der Waals surface area contributed by atoms with E-state index < -0.39 is 5.41 Å². The fourth-order valence-corrected chi connectivity index (χ4v) is 3.26. The number of nitrogens with two attached hydrogens (primary N) is 1. The van der Waals surface area contributed by atoms with Gasteiger partial charge in [0.25, 0.3) is 5.91 Å². The van der Waals surface area contributed by atoms with Crippen LogP contribution < -0.4 is 5.73 Å². The van der Waals surface area contributed by atoms with E-state index in [0.717, 1.165) is 10.0 Å². The van der Waals surface area contributed by atoms with Crippen molar-refractivity contribution >= 4 is 27.7 Å². The van der Waals surface area contributed by atoms with E-state index >= 15 is 0 Å². The summed E-state index contributed by atoms with van der Waals surface area (Å²) in [5.74, 6) is -0.286. The van der Waals surface area contributed by atoms with Crippen LogP contribution >= 0.6 is 15.9 Å². The summed E-state index contributed by atoms with van der Waals surface area (Å²) in [5, 5.41) is 0. The van der Waals surface area contributed by atoms with Gasteiger partial charge in [-0.05, 0) is 49.9 Å². The number of nitrogens with zero attached hydrogens (tertiary/aromatic N) is 1. The molecule has 2 rings (SSSR count). The van der Waals surface area contributed by atoms with Gasteiger partial charge in [0.1, 0.15) is 0 Å². The maximum absolute atomic E-state index is 12.6. The zero-order chi connectivity index (χ0) is 17.0. The monoisotopic (exact) mass is 382 g/mol. The van der Waals surface area contributed by atoms with Crippen molar-refractivity contribution in [1.29, 1.82) is 0 Å². The van der Waals surface area contributed by atoms with Gasteiger partial charge >= 0.3 is 0 Å². The zero-order valence-corrected chi connectivity index (χ0v) is 15.2. The second-order valence-corrected chi connectivity index (χ2v) is 7.00. The first-order valence-electron chi connectivity index (χ1n) is 7.74. The summed E-state index contributed by atoms with van der Waals surface area (Å²) in [5.41, 5.74) is 6.76. The van der Waals surface area contributed by atoms with Crippen molar-refractivity contribution in [3.05, 3.63) is 33.8 Å². The minimum Gasteiger partial charge on any atom is -0.385 e. The Hall–Kier alpha value is -1.40. The van der Waals surface area contributed by atoms with Crippen molar-refractivity contribution in [1.82, 2.24) is 4.90 Å². The largest absolute Gasteiger partial charge is 0.385 e. The Kier molecular flexibility index (Phi) is 5.81. The average Bonchev–Trinajstić information content (AvgIpc) is 2.55. The number of aryl methyl sites for hydroxylation is 1. The number of rotatable bonds is 5. The standard InChI is InChI=1S/C17H23BrN2O3/c1-12-11-13(3-4-14(12)18)15(21)20-8-5-17(6-9-20,16(19)22)7-10-23-2/h3-4,11H,5-10H2,1-2H3,(H2,19,22). The predicted molar refractivity (Wildman–Crippen MR) is 92.1 cm³/mol. The number of likely N-dealkylation sites (tertiary alicyclic amines) is 1. The fourth-order valence-electron chi connectivity index (χ4n) is 3.02. The highest BCUT2D eigenvalue weighted by atomic mass is 79.9. The minimum atomic E-state index is -0.553. The molecular weight excluding hydrogens is 360 g/mol. The Balaban J connectivity index is 2.06. The van der Waals surface area contributed by atoms with Crippen LogP contribution in [0.4, 0.5) is 0 Å². The number of hydrogen-bond acceptors (Lipinski definition) is 3. The third kappa shape index (κ3) is 3.93. The lowest BCUT2D eigenvalue weighted by molar-refractivity contribution is -0.131. The van der Waals surface area contributed by atoms with E-state index in [0.29, 0.717) is 44.5 Å². The molecule has 0 aromatic heterocycles. The number of halogens is 1. The van der Waals surface area contributed by atoms with Gasteiger partial charge in [-0.25, -0.2) is 0 Å². The van der Waals surface area contributed by atoms with E-state index in [-0.39, 0.29) is 11.8 Å². The van der Waals surface area contributed by atoms with Crippen molar-refractivity contribution in [2.45, 2.75) is 26.2 Å². The Morgan fingerprint density at radius 1 is 1.35 bits per heavy atom. The quantitative estimate of drug-likeness (QED) is 0.849. The fraction of sp³-hybridized carbons (Fsp3) is 0.529. The SMILES string of the molecule is COCCC1(C(N)=O)CCN(C(=O)c2ccc(Br)c(C)c2)CC1. The van der Waals surface area contributed by atoms with Crippen molar-refractivity contribution in [2.75, 3.05) is 26.8 Å². The molecule has 1 saturated heterocycles. The summed E-state index contributed by atoms with van der Waals surface area (Å²) in [6, 6.07) is 5.59. The summed E-state index contributed by atoms with van der Waals surface area (Å²) in [4.78, 5) is 26.3. The number of carbonyl (C=O) groups excluding carboxylic acids is 2. The molecule has 1 aliphatic rings. The molecule has 23 heavy (non-hydrogen) atoms. The third-order valence-corrected chi connectivity index (χ3v) is 5.61. The first-order chi connectivity index (χ1) is 10.9. The molecule has 0 atom stereocenters. The Morgan fingerprint density at radius 3 is 2.52 bits per heavy atom. The Morgan fingerprint density at radius 2 is 2.00 bits per heavy atom. The van der Waals surface area contributed by atoms with Crippen LogP contribution in [0.3, 0.4) is 0 Å². The van der Waals surface area contributed by atoms with Gasteiger partial charge < -0.3 is 15.4 Å². The molecule has 1 heterocycles. The number of amides is 2. The van der Waals surface area contributed by atoms with Crippen LogP contribution in [0.25, 0.3) is 0 Å². The lowest BCUT2D eigenvalue weighted by Crippen LogP contribution is -2.49. The molecule has 6 heteroatoms. The van der Waals surface area contributed by atoms with Gasteiger partial charge in [-0.3, -0.25) is 9.59 Å². The van der Waals surface area contributed by atoms with Gasteiger partial charge in [-0.15, -0.1) is 0 Å². The van der Waals surface area contributed by atoms with Gasteiger partial charge in [-0.1, -0.05) is 15.9 Å². The number of ether oxygens (including phenoxy) is 1. The van der Waals surface area contributed by atoms with E-state index in [1.54, 1.807) is 12.0 Å². The molecule has 2 N–H and O–H groups in total. The first kappa shape index (κ1) is 17.9. The average molecular weight is 383 g/mol. The second kappa shape index (κ2) is 7.45. The van der Waals surface area contributed by atoms with E-state index in [4.69, 9.17) is 10.5 Å². The molecule has 126 valence electrons. The van der Waals surface area contributed by atoms with Gasteiger partial charge in [0.2, 0.25) is 5.91 Å². The molecular formula is C17H23BrN2O3. The van der Waals surface area contributed by atoms with Gasteiger partial charge in [0.15, 0.2) is 0 Å². The minimum absolute atomic E-state index is 0.00501. The van der Waals surface area contributed by atoms with Crippen molar-refractivity contribution in [3.63, 3.8) is 0 Å². The van der Waals surface area contributed by atoms with Gasteiger partial charge in [0.05, 0.1) is 5.41 Å². The van der Waals surface area contributed by atoms with Gasteiger partial charge in [-0.2, -0.15) is 0 Å². The molecule has 0 spiro atoms. The number of primary amides is 1. The summed E-state index contributed by atoms with van der Waals surface area (Å²) < 4.78 is 6.08. The van der Waals surface area contributed by atoms with Crippen LogP contribution in [0.2, 0.25) is 0 Å². The molecule has 1 aromatic rings. The van der Waals surface area contributed by atoms with Crippen LogP contribution in [0.5, 0.6) is 0 Å². The van der Waals surface area contributed by atoms with E-state index in [9.17, 15) is 9.59 Å². The maximum Gasteiger partial charge on any atom is 0.253 e. The lowest BCUT2D eigenvalue weighted by Gasteiger charge is -2.39. The predicted octanol–water partition coefficient (Wildman–Crippen LogP) is 2.50. The summed E-state index contributed by atoms with van der Waals surface area (Å²) in [7, 11) is 1.61. The topological polar surface area (TPSA) is 72.6 Å². The summed E-state index contributed by atoms with van der Waals surface area (Å²) >= 11 is 3.44. The molecule has 0 unspecified atom stereocenters. The number of piperidine rings is 1. The number of benzene rings is 1.